The van der Waals surface area contributed by atoms with Gasteiger partial charge in [0.1, 0.15) is 18.1 Å². The summed E-state index contributed by atoms with van der Waals surface area (Å²) >= 11 is 0. The number of methoxy groups -OCH3 is 3. The summed E-state index contributed by atoms with van der Waals surface area (Å²) in [6.07, 6.45) is 1.61. The Balaban J connectivity index is 1.81. The Bertz CT molecular complexity index is 774. The highest BCUT2D eigenvalue weighted by Gasteiger charge is 2.12. The minimum atomic E-state index is -0.0226. The van der Waals surface area contributed by atoms with Crippen molar-refractivity contribution in [1.82, 2.24) is 0 Å². The lowest BCUT2D eigenvalue weighted by molar-refractivity contribution is 0.164. The van der Waals surface area contributed by atoms with E-state index in [-0.39, 0.29) is 18.1 Å². The summed E-state index contributed by atoms with van der Waals surface area (Å²) in [7, 11) is 4.76. The molecule has 0 saturated heterocycles. The first-order valence-electron chi connectivity index (χ1n) is 8.46. The van der Waals surface area contributed by atoms with Gasteiger partial charge in [0.15, 0.2) is 11.5 Å². The first-order valence-corrected chi connectivity index (χ1v) is 8.46. The second kappa shape index (κ2) is 10.2. The lowest BCUT2D eigenvalue weighted by Crippen LogP contribution is -2.00. The third kappa shape index (κ3) is 6.01. The van der Waals surface area contributed by atoms with E-state index in [1.165, 1.54) is 18.2 Å². The number of hydrogen-bond donors (Lipinski definition) is 2. The van der Waals surface area contributed by atoms with Crippen molar-refractivity contribution in [1.29, 1.82) is 0 Å². The average molecular weight is 372 g/mol. The molecule has 2 aromatic rings. The molecule has 0 heterocycles. The van der Waals surface area contributed by atoms with Crippen molar-refractivity contribution >= 4 is 0 Å². The van der Waals surface area contributed by atoms with Crippen LogP contribution in [-0.2, 0) is 11.2 Å². The third-order valence-corrected chi connectivity index (χ3v) is 3.79. The van der Waals surface area contributed by atoms with Crippen LogP contribution in [0.4, 0.5) is 0 Å². The van der Waals surface area contributed by atoms with Crippen LogP contribution in [0.15, 0.2) is 30.3 Å². The van der Waals surface area contributed by atoms with Crippen molar-refractivity contribution in [2.75, 3.05) is 34.5 Å². The minimum Gasteiger partial charge on any atom is -0.508 e. The van der Waals surface area contributed by atoms with E-state index in [0.717, 1.165) is 18.4 Å². The van der Waals surface area contributed by atoms with Gasteiger partial charge >= 0.3 is 0 Å². The van der Waals surface area contributed by atoms with Crippen molar-refractivity contribution in [3.05, 3.63) is 41.5 Å². The van der Waals surface area contributed by atoms with Crippen LogP contribution in [0, 0.1) is 11.8 Å². The van der Waals surface area contributed by atoms with Gasteiger partial charge in [-0.1, -0.05) is 11.8 Å². The van der Waals surface area contributed by atoms with Crippen LogP contribution in [0.25, 0.3) is 0 Å². The van der Waals surface area contributed by atoms with E-state index in [0.29, 0.717) is 29.4 Å². The predicted molar refractivity (Wildman–Crippen MR) is 102 cm³/mol. The molecular weight excluding hydrogens is 348 g/mol. The molecular formula is C21H24O6. The maximum Gasteiger partial charge on any atom is 0.203 e. The molecule has 0 aromatic heterocycles. The van der Waals surface area contributed by atoms with Gasteiger partial charge in [0.25, 0.3) is 0 Å². The van der Waals surface area contributed by atoms with Crippen LogP contribution >= 0.6 is 0 Å². The topological polar surface area (TPSA) is 77.4 Å². The largest absolute Gasteiger partial charge is 0.508 e. The molecule has 27 heavy (non-hydrogen) atoms. The summed E-state index contributed by atoms with van der Waals surface area (Å²) in [4.78, 5) is 0. The van der Waals surface area contributed by atoms with Crippen LogP contribution in [0.2, 0.25) is 0 Å². The van der Waals surface area contributed by atoms with E-state index in [4.69, 9.17) is 18.9 Å². The molecule has 0 radical (unpaired) electrons. The summed E-state index contributed by atoms with van der Waals surface area (Å²) in [6, 6.07) is 8.07. The molecule has 6 nitrogen and oxygen atoms in total. The summed E-state index contributed by atoms with van der Waals surface area (Å²) in [5.41, 5.74) is 1.60. The highest BCUT2D eigenvalue weighted by molar-refractivity contribution is 5.53. The number of hydrogen-bond acceptors (Lipinski definition) is 6. The van der Waals surface area contributed by atoms with Gasteiger partial charge in [-0.3, -0.25) is 0 Å². The normalized spacial score (nSPS) is 10.0. The molecule has 2 N–H and O–H groups in total. The molecule has 0 saturated carbocycles. The quantitative estimate of drug-likeness (QED) is 0.548. The van der Waals surface area contributed by atoms with E-state index < -0.39 is 0 Å². The maximum absolute atomic E-state index is 9.40. The third-order valence-electron chi connectivity index (χ3n) is 3.79. The van der Waals surface area contributed by atoms with Gasteiger partial charge < -0.3 is 29.2 Å². The van der Waals surface area contributed by atoms with E-state index in [1.807, 2.05) is 12.1 Å². The minimum absolute atomic E-state index is 0.0226. The van der Waals surface area contributed by atoms with E-state index in [9.17, 15) is 10.2 Å². The zero-order chi connectivity index (χ0) is 19.6. The van der Waals surface area contributed by atoms with Crippen molar-refractivity contribution in [3.8, 4) is 40.6 Å². The Kier molecular flexibility index (Phi) is 7.65. The van der Waals surface area contributed by atoms with Gasteiger partial charge in [-0.2, -0.15) is 0 Å². The van der Waals surface area contributed by atoms with Crippen molar-refractivity contribution in [2.45, 2.75) is 12.8 Å². The first-order chi connectivity index (χ1) is 13.1. The van der Waals surface area contributed by atoms with E-state index in [1.54, 1.807) is 21.3 Å². The molecule has 144 valence electrons. The number of rotatable bonds is 8. The zero-order valence-corrected chi connectivity index (χ0v) is 15.7. The lowest BCUT2D eigenvalue weighted by atomic mass is 10.1. The highest BCUT2D eigenvalue weighted by Crippen LogP contribution is 2.38. The molecule has 0 aliphatic carbocycles. The van der Waals surface area contributed by atoms with Gasteiger partial charge in [0, 0.05) is 18.2 Å². The number of phenolic OH excluding ortho intramolecular Hbond substituents is 2. The smallest absolute Gasteiger partial charge is 0.203 e. The SMILES string of the molecule is COc1cc(CCCOCC#Cc2cc(O)cc(O)c2)cc(OC)c1OC. The molecule has 0 aliphatic heterocycles. The average Bonchev–Trinajstić information content (AvgIpc) is 2.65. The zero-order valence-electron chi connectivity index (χ0n) is 15.7. The van der Waals surface area contributed by atoms with Gasteiger partial charge in [-0.05, 0) is 42.7 Å². The molecule has 2 rings (SSSR count). The fourth-order valence-electron chi connectivity index (χ4n) is 2.59. The first kappa shape index (κ1) is 20.3. The van der Waals surface area contributed by atoms with E-state index >= 15 is 0 Å². The fourth-order valence-corrected chi connectivity index (χ4v) is 2.59. The second-order valence-corrected chi connectivity index (χ2v) is 5.73. The van der Waals surface area contributed by atoms with Crippen LogP contribution in [-0.4, -0.2) is 44.8 Å². The predicted octanol–water partition coefficient (Wildman–Crippen LogP) is 3.12. The summed E-state index contributed by atoms with van der Waals surface area (Å²) in [6.45, 7) is 0.822. The number of ether oxygens (including phenoxy) is 4. The van der Waals surface area contributed by atoms with Crippen molar-refractivity contribution in [2.24, 2.45) is 0 Å². The lowest BCUT2D eigenvalue weighted by Gasteiger charge is -2.14. The van der Waals surface area contributed by atoms with Crippen LogP contribution in [0.5, 0.6) is 28.7 Å². The molecule has 0 aliphatic rings. The molecule has 0 atom stereocenters. The standard InChI is InChI=1S/C21H24O6/c1-24-19-12-16(13-20(25-2)21(19)26-3)7-5-9-27-8-4-6-15-10-17(22)14-18(23)11-15/h10-14,22-23H,5,7-9H2,1-3H3. The number of aromatic hydroxyl groups is 2. The van der Waals surface area contributed by atoms with Gasteiger partial charge in [-0.25, -0.2) is 0 Å². The summed E-state index contributed by atoms with van der Waals surface area (Å²) in [5, 5.41) is 18.8. The highest BCUT2D eigenvalue weighted by atomic mass is 16.5. The Morgan fingerprint density at radius 3 is 2.04 bits per heavy atom. The van der Waals surface area contributed by atoms with Crippen molar-refractivity contribution in [3.63, 3.8) is 0 Å². The monoisotopic (exact) mass is 372 g/mol. The van der Waals surface area contributed by atoms with Gasteiger partial charge in [-0.15, -0.1) is 0 Å². The molecule has 2 aromatic carbocycles. The van der Waals surface area contributed by atoms with E-state index in [2.05, 4.69) is 11.8 Å². The Hall–Kier alpha value is -3.04. The molecule has 0 bridgehead atoms. The number of phenols is 2. The Morgan fingerprint density at radius 1 is 0.852 bits per heavy atom. The fraction of sp³-hybridized carbons (Fsp3) is 0.333. The molecule has 0 amide bonds. The second-order valence-electron chi connectivity index (χ2n) is 5.73. The van der Waals surface area contributed by atoms with Crippen LogP contribution in [0.1, 0.15) is 17.5 Å². The van der Waals surface area contributed by atoms with Crippen LogP contribution in [0.3, 0.4) is 0 Å². The maximum atomic E-state index is 9.40. The van der Waals surface area contributed by atoms with Crippen molar-refractivity contribution < 1.29 is 29.2 Å². The van der Waals surface area contributed by atoms with Crippen LogP contribution < -0.4 is 14.2 Å². The number of aryl methyl sites for hydroxylation is 1. The summed E-state index contributed by atoms with van der Waals surface area (Å²) < 4.78 is 21.5. The van der Waals surface area contributed by atoms with Gasteiger partial charge in [0.05, 0.1) is 21.3 Å². The molecule has 0 unspecified atom stereocenters. The Labute approximate surface area is 159 Å². The Morgan fingerprint density at radius 2 is 1.48 bits per heavy atom. The summed E-state index contributed by atoms with van der Waals surface area (Å²) in [5.74, 6) is 7.49. The van der Waals surface area contributed by atoms with Gasteiger partial charge in [0.2, 0.25) is 5.75 Å². The molecule has 0 fully saturated rings. The number of benzene rings is 2. The molecule has 0 spiro atoms. The molecule has 6 heteroatoms.